The van der Waals surface area contributed by atoms with E-state index in [1.165, 1.54) is 23.8 Å². The van der Waals surface area contributed by atoms with Crippen molar-refractivity contribution in [3.05, 3.63) is 71.4 Å². The van der Waals surface area contributed by atoms with Crippen molar-refractivity contribution in [1.82, 2.24) is 14.6 Å². The van der Waals surface area contributed by atoms with Crippen LogP contribution >= 0.6 is 0 Å². The molecule has 0 N–H and O–H groups in total. The largest absolute Gasteiger partial charge is 0.481 e. The van der Waals surface area contributed by atoms with Gasteiger partial charge < -0.3 is 4.74 Å². The number of fused-ring (bicyclic) bond motifs is 1. The van der Waals surface area contributed by atoms with E-state index in [0.29, 0.717) is 34.0 Å². The fourth-order valence-corrected chi connectivity index (χ4v) is 3.11. The fourth-order valence-electron chi connectivity index (χ4n) is 3.11. The maximum atomic E-state index is 14.4. The van der Waals surface area contributed by atoms with E-state index in [1.54, 1.807) is 37.3 Å². The first-order valence-electron chi connectivity index (χ1n) is 8.42. The van der Waals surface area contributed by atoms with Crippen LogP contribution in [0, 0.1) is 29.9 Å². The van der Waals surface area contributed by atoms with Crippen molar-refractivity contribution in [2.24, 2.45) is 0 Å². The molecule has 0 radical (unpaired) electrons. The van der Waals surface area contributed by atoms with Crippen LogP contribution in [0.5, 0.6) is 5.88 Å². The molecule has 4 aromatic rings. The van der Waals surface area contributed by atoms with Gasteiger partial charge in [0.05, 0.1) is 35.7 Å². The number of nitriles is 1. The maximum Gasteiger partial charge on any atom is 0.218 e. The minimum absolute atomic E-state index is 0.209. The molecule has 0 bridgehead atoms. The summed E-state index contributed by atoms with van der Waals surface area (Å²) in [6.45, 7) is 1.73. The van der Waals surface area contributed by atoms with Crippen LogP contribution < -0.4 is 4.74 Å². The Bertz CT molecular complexity index is 1240. The van der Waals surface area contributed by atoms with Crippen molar-refractivity contribution in [1.29, 1.82) is 5.26 Å². The second kappa shape index (κ2) is 6.74. The molecule has 0 saturated carbocycles. The van der Waals surface area contributed by atoms with Gasteiger partial charge in [-0.1, -0.05) is 12.1 Å². The summed E-state index contributed by atoms with van der Waals surface area (Å²) in [4.78, 5) is 4.65. The Hall–Kier alpha value is -3.79. The number of aryl methyl sites for hydroxylation is 1. The highest BCUT2D eigenvalue weighted by atomic mass is 19.1. The molecule has 138 valence electrons. The highest BCUT2D eigenvalue weighted by molar-refractivity contribution is 5.82. The third-order valence-corrected chi connectivity index (χ3v) is 4.45. The average Bonchev–Trinajstić information content (AvgIpc) is 3.03. The summed E-state index contributed by atoms with van der Waals surface area (Å²) >= 11 is 0. The van der Waals surface area contributed by atoms with Crippen LogP contribution in [0.1, 0.15) is 11.3 Å². The maximum absolute atomic E-state index is 14.4. The van der Waals surface area contributed by atoms with Crippen LogP contribution in [-0.2, 0) is 0 Å². The van der Waals surface area contributed by atoms with Crippen molar-refractivity contribution < 1.29 is 13.5 Å². The van der Waals surface area contributed by atoms with E-state index >= 15 is 0 Å². The lowest BCUT2D eigenvalue weighted by Gasteiger charge is -2.08. The summed E-state index contributed by atoms with van der Waals surface area (Å²) in [5, 5.41) is 13.4. The summed E-state index contributed by atoms with van der Waals surface area (Å²) in [7, 11) is 1.51. The minimum atomic E-state index is -0.692. The molecule has 2 aromatic carbocycles. The van der Waals surface area contributed by atoms with Gasteiger partial charge in [0.1, 0.15) is 11.6 Å². The molecule has 0 atom stereocenters. The number of rotatable bonds is 3. The lowest BCUT2D eigenvalue weighted by atomic mass is 10.0. The SMILES string of the molecule is COc1cc(-c2ccc(C#N)cc2)nc2c(-c3ccc(F)cc3F)c(C)nn12. The second-order valence-corrected chi connectivity index (χ2v) is 6.19. The summed E-state index contributed by atoms with van der Waals surface area (Å²) in [5.41, 5.74) is 3.48. The van der Waals surface area contributed by atoms with E-state index in [2.05, 4.69) is 16.2 Å². The molecule has 0 saturated heterocycles. The normalized spacial score (nSPS) is 10.8. The summed E-state index contributed by atoms with van der Waals surface area (Å²) in [6, 6.07) is 14.1. The van der Waals surface area contributed by atoms with Gasteiger partial charge in [0.15, 0.2) is 5.65 Å². The molecule has 0 spiro atoms. The zero-order valence-corrected chi connectivity index (χ0v) is 15.1. The third-order valence-electron chi connectivity index (χ3n) is 4.45. The predicted molar refractivity (Wildman–Crippen MR) is 99.8 cm³/mol. The van der Waals surface area contributed by atoms with E-state index in [-0.39, 0.29) is 5.56 Å². The minimum Gasteiger partial charge on any atom is -0.481 e. The number of methoxy groups -OCH3 is 1. The molecule has 2 aromatic heterocycles. The van der Waals surface area contributed by atoms with Crippen molar-refractivity contribution in [2.45, 2.75) is 6.92 Å². The molecular formula is C21H14F2N4O. The van der Waals surface area contributed by atoms with Crippen LogP contribution in [0.2, 0.25) is 0 Å². The van der Waals surface area contributed by atoms with Gasteiger partial charge in [-0.2, -0.15) is 14.9 Å². The fraction of sp³-hybridized carbons (Fsp3) is 0.0952. The molecule has 7 heteroatoms. The van der Waals surface area contributed by atoms with Crippen LogP contribution in [-0.4, -0.2) is 21.7 Å². The Labute approximate surface area is 159 Å². The molecule has 5 nitrogen and oxygen atoms in total. The molecule has 0 unspecified atom stereocenters. The van der Waals surface area contributed by atoms with Gasteiger partial charge in [-0.05, 0) is 31.2 Å². The zero-order chi connectivity index (χ0) is 19.8. The smallest absolute Gasteiger partial charge is 0.218 e. The van der Waals surface area contributed by atoms with E-state index in [4.69, 9.17) is 10.00 Å². The van der Waals surface area contributed by atoms with Gasteiger partial charge in [0, 0.05) is 23.3 Å². The Kier molecular flexibility index (Phi) is 4.24. The highest BCUT2D eigenvalue weighted by Crippen LogP contribution is 2.33. The Morgan fingerprint density at radius 3 is 2.46 bits per heavy atom. The van der Waals surface area contributed by atoms with Crippen molar-refractivity contribution in [2.75, 3.05) is 7.11 Å². The number of aromatic nitrogens is 3. The second-order valence-electron chi connectivity index (χ2n) is 6.19. The number of ether oxygens (including phenoxy) is 1. The van der Waals surface area contributed by atoms with E-state index in [9.17, 15) is 8.78 Å². The van der Waals surface area contributed by atoms with Crippen LogP contribution in [0.3, 0.4) is 0 Å². The topological polar surface area (TPSA) is 63.2 Å². The van der Waals surface area contributed by atoms with Gasteiger partial charge in [-0.15, -0.1) is 0 Å². The number of halogens is 2. The lowest BCUT2D eigenvalue weighted by Crippen LogP contribution is -1.99. The van der Waals surface area contributed by atoms with Crippen molar-refractivity contribution in [3.63, 3.8) is 0 Å². The van der Waals surface area contributed by atoms with E-state index < -0.39 is 11.6 Å². The van der Waals surface area contributed by atoms with Crippen molar-refractivity contribution >= 4 is 5.65 Å². The zero-order valence-electron chi connectivity index (χ0n) is 15.1. The van der Waals surface area contributed by atoms with Crippen molar-refractivity contribution in [3.8, 4) is 34.3 Å². The third kappa shape index (κ3) is 2.85. The molecule has 0 fully saturated rings. The molecule has 0 aliphatic rings. The van der Waals surface area contributed by atoms with Gasteiger partial charge >= 0.3 is 0 Å². The quantitative estimate of drug-likeness (QED) is 0.527. The molecule has 28 heavy (non-hydrogen) atoms. The first-order chi connectivity index (χ1) is 13.5. The number of hydrogen-bond acceptors (Lipinski definition) is 4. The van der Waals surface area contributed by atoms with Crippen LogP contribution in [0.25, 0.3) is 28.0 Å². The number of hydrogen-bond donors (Lipinski definition) is 0. The first kappa shape index (κ1) is 17.6. The van der Waals surface area contributed by atoms with Crippen LogP contribution in [0.4, 0.5) is 8.78 Å². The van der Waals surface area contributed by atoms with E-state index in [1.807, 2.05) is 0 Å². The summed E-state index contributed by atoms with van der Waals surface area (Å²) < 4.78 is 34.7. The predicted octanol–water partition coefficient (Wildman–Crippen LogP) is 4.53. The number of nitrogens with zero attached hydrogens (tertiary/aromatic N) is 4. The Morgan fingerprint density at radius 2 is 1.82 bits per heavy atom. The summed E-state index contributed by atoms with van der Waals surface area (Å²) in [5.74, 6) is -0.928. The summed E-state index contributed by atoms with van der Waals surface area (Å²) in [6.07, 6.45) is 0. The van der Waals surface area contributed by atoms with Gasteiger partial charge in [-0.3, -0.25) is 0 Å². The molecule has 0 amide bonds. The molecule has 2 heterocycles. The van der Waals surface area contributed by atoms with Gasteiger partial charge in [0.25, 0.3) is 0 Å². The molecule has 0 aliphatic heterocycles. The number of benzene rings is 2. The van der Waals surface area contributed by atoms with Gasteiger partial charge in [-0.25, -0.2) is 13.8 Å². The van der Waals surface area contributed by atoms with E-state index in [0.717, 1.165) is 11.6 Å². The monoisotopic (exact) mass is 376 g/mol. The highest BCUT2D eigenvalue weighted by Gasteiger charge is 2.20. The Morgan fingerprint density at radius 1 is 1.07 bits per heavy atom. The standard InChI is InChI=1S/C21H14F2N4O/c1-12-20(16-8-7-15(22)9-17(16)23)21-25-18(10-19(28-2)27(21)26-12)14-5-3-13(11-24)4-6-14/h3-10H,1-2H3. The molecule has 0 aliphatic carbocycles. The average molecular weight is 376 g/mol. The van der Waals surface area contributed by atoms with Crippen LogP contribution in [0.15, 0.2) is 48.5 Å². The first-order valence-corrected chi connectivity index (χ1v) is 8.42. The molecule has 4 rings (SSSR count). The van der Waals surface area contributed by atoms with Gasteiger partial charge in [0.2, 0.25) is 5.88 Å². The lowest BCUT2D eigenvalue weighted by molar-refractivity contribution is 0.384. The Balaban J connectivity index is 1.99. The molecular weight excluding hydrogens is 362 g/mol.